The summed E-state index contributed by atoms with van der Waals surface area (Å²) in [5, 5.41) is 6.53. The lowest BCUT2D eigenvalue weighted by atomic mass is 9.73. The van der Waals surface area contributed by atoms with Crippen LogP contribution < -0.4 is 10.6 Å². The zero-order chi connectivity index (χ0) is 21.5. The fourth-order valence-corrected chi connectivity index (χ4v) is 3.60. The quantitative estimate of drug-likeness (QED) is 0.317. The number of rotatable bonds is 6. The third-order valence-electron chi connectivity index (χ3n) is 5.32. The van der Waals surface area contributed by atoms with E-state index in [0.717, 1.165) is 11.8 Å². The molecule has 1 aliphatic heterocycles. The molecule has 0 spiro atoms. The lowest BCUT2D eigenvalue weighted by Gasteiger charge is -2.38. The molecule has 0 bridgehead atoms. The van der Waals surface area contributed by atoms with Crippen molar-refractivity contribution in [2.24, 2.45) is 4.99 Å². The highest BCUT2D eigenvalue weighted by Gasteiger charge is 2.37. The van der Waals surface area contributed by atoms with Crippen LogP contribution in [0.5, 0.6) is 0 Å². The van der Waals surface area contributed by atoms with E-state index >= 15 is 0 Å². The highest BCUT2D eigenvalue weighted by atomic mass is 127. The Morgan fingerprint density at radius 1 is 1.13 bits per heavy atom. The summed E-state index contributed by atoms with van der Waals surface area (Å²) in [7, 11) is 0. The third-order valence-corrected chi connectivity index (χ3v) is 5.32. The predicted molar refractivity (Wildman–Crippen MR) is 126 cm³/mol. The Balaban J connectivity index is 0.00000341. The number of pyridine rings is 1. The van der Waals surface area contributed by atoms with Crippen LogP contribution in [-0.4, -0.2) is 37.2 Å². The normalized spacial score (nSPS) is 16.3. The lowest BCUT2D eigenvalue weighted by molar-refractivity contribution is -0.137. The summed E-state index contributed by atoms with van der Waals surface area (Å²) < 4.78 is 45.3. The minimum absolute atomic E-state index is 0. The summed E-state index contributed by atoms with van der Waals surface area (Å²) in [5.74, 6) is 0.612. The smallest absolute Gasteiger partial charge is 0.381 e. The first-order valence-corrected chi connectivity index (χ1v) is 10.1. The summed E-state index contributed by atoms with van der Waals surface area (Å²) in [6, 6.07) is 11.3. The average molecular weight is 548 g/mol. The number of halogens is 4. The highest BCUT2D eigenvalue weighted by molar-refractivity contribution is 14.0. The van der Waals surface area contributed by atoms with Crippen LogP contribution in [0, 0.1) is 0 Å². The molecule has 0 radical (unpaired) electrons. The molecule has 1 aromatic heterocycles. The number of hydrogen-bond acceptors (Lipinski definition) is 3. The molecule has 1 aliphatic rings. The minimum Gasteiger partial charge on any atom is -0.381 e. The number of alkyl halides is 3. The maximum Gasteiger partial charge on any atom is 0.416 e. The van der Waals surface area contributed by atoms with Gasteiger partial charge in [-0.2, -0.15) is 13.2 Å². The molecule has 0 amide bonds. The molecule has 1 fully saturated rings. The van der Waals surface area contributed by atoms with Crippen molar-refractivity contribution in [2.45, 2.75) is 37.9 Å². The maximum absolute atomic E-state index is 13.3. The molecule has 2 N–H and O–H groups in total. The Labute approximate surface area is 197 Å². The number of ether oxygens (including phenoxy) is 1. The largest absolute Gasteiger partial charge is 0.416 e. The van der Waals surface area contributed by atoms with E-state index < -0.39 is 17.2 Å². The van der Waals surface area contributed by atoms with Gasteiger partial charge in [-0.25, -0.2) is 4.99 Å². The number of guanidine groups is 1. The lowest BCUT2D eigenvalue weighted by Crippen LogP contribution is -2.48. The molecule has 31 heavy (non-hydrogen) atoms. The average Bonchev–Trinajstić information content (AvgIpc) is 2.76. The Morgan fingerprint density at radius 2 is 1.90 bits per heavy atom. The van der Waals surface area contributed by atoms with Gasteiger partial charge < -0.3 is 15.4 Å². The van der Waals surface area contributed by atoms with Crippen LogP contribution >= 0.6 is 24.0 Å². The number of benzene rings is 1. The van der Waals surface area contributed by atoms with Gasteiger partial charge >= 0.3 is 6.18 Å². The molecule has 0 aliphatic carbocycles. The molecule has 0 atom stereocenters. The molecule has 9 heteroatoms. The Morgan fingerprint density at radius 3 is 2.55 bits per heavy atom. The number of hydrogen-bond donors (Lipinski definition) is 2. The van der Waals surface area contributed by atoms with Crippen LogP contribution in [0.1, 0.15) is 36.6 Å². The summed E-state index contributed by atoms with van der Waals surface area (Å²) in [4.78, 5) is 8.84. The van der Waals surface area contributed by atoms with Gasteiger partial charge in [0.05, 0.1) is 17.8 Å². The second-order valence-electron chi connectivity index (χ2n) is 7.34. The summed E-state index contributed by atoms with van der Waals surface area (Å²) in [5.41, 5.74) is 0.435. The maximum atomic E-state index is 13.3. The number of nitrogens with one attached hydrogen (secondary N) is 2. The van der Waals surface area contributed by atoms with E-state index in [9.17, 15) is 13.2 Å². The molecule has 5 nitrogen and oxygen atoms in total. The van der Waals surface area contributed by atoms with Crippen molar-refractivity contribution in [3.05, 3.63) is 65.5 Å². The molecular weight excluding hydrogens is 520 g/mol. The van der Waals surface area contributed by atoms with Gasteiger partial charge in [0.15, 0.2) is 5.96 Å². The molecule has 1 saturated heterocycles. The second kappa shape index (κ2) is 11.7. The number of nitrogens with zero attached hydrogens (tertiary/aromatic N) is 2. The predicted octanol–water partition coefficient (Wildman–Crippen LogP) is 4.52. The molecule has 3 rings (SSSR count). The van der Waals surface area contributed by atoms with Crippen LogP contribution in [0.15, 0.2) is 53.7 Å². The van der Waals surface area contributed by atoms with Crippen molar-refractivity contribution < 1.29 is 17.9 Å². The van der Waals surface area contributed by atoms with Crippen molar-refractivity contribution in [3.8, 4) is 0 Å². The highest BCUT2D eigenvalue weighted by Crippen LogP contribution is 2.37. The van der Waals surface area contributed by atoms with Gasteiger partial charge in [0.2, 0.25) is 0 Å². The molecule has 2 aromatic rings. The van der Waals surface area contributed by atoms with E-state index in [0.29, 0.717) is 57.2 Å². The van der Waals surface area contributed by atoms with Crippen molar-refractivity contribution in [3.63, 3.8) is 0 Å². The van der Waals surface area contributed by atoms with Gasteiger partial charge in [-0.3, -0.25) is 4.98 Å². The van der Waals surface area contributed by atoms with Gasteiger partial charge in [-0.15, -0.1) is 24.0 Å². The summed E-state index contributed by atoms with van der Waals surface area (Å²) in [6.45, 7) is 4.55. The van der Waals surface area contributed by atoms with Crippen LogP contribution in [0.2, 0.25) is 0 Å². The first-order chi connectivity index (χ1) is 14.4. The standard InChI is InChI=1S/C22H27F3N4O.HI/c1-2-26-20(28-15-19-8-3-4-11-27-19)29-16-21(9-12-30-13-10-21)17-6-5-7-18(14-17)22(23,24)25;/h3-8,11,14H,2,9-10,12-13,15-16H2,1H3,(H2,26,28,29);1H. The topological polar surface area (TPSA) is 58.5 Å². The minimum atomic E-state index is -4.37. The van der Waals surface area contributed by atoms with Crippen molar-refractivity contribution in [1.29, 1.82) is 0 Å². The van der Waals surface area contributed by atoms with Crippen LogP contribution in [0.4, 0.5) is 13.2 Å². The Bertz CT molecular complexity index is 840. The molecule has 170 valence electrons. The van der Waals surface area contributed by atoms with Gasteiger partial charge in [-0.05, 0) is 43.5 Å². The molecule has 0 unspecified atom stereocenters. The molecular formula is C22H28F3IN4O. The third kappa shape index (κ3) is 7.06. The van der Waals surface area contributed by atoms with E-state index in [-0.39, 0.29) is 24.0 Å². The first kappa shape index (κ1) is 25.4. The van der Waals surface area contributed by atoms with Crippen LogP contribution in [0.3, 0.4) is 0 Å². The van der Waals surface area contributed by atoms with Crippen molar-refractivity contribution in [2.75, 3.05) is 26.3 Å². The molecule has 1 aromatic carbocycles. The molecule has 2 heterocycles. The first-order valence-electron chi connectivity index (χ1n) is 10.1. The van der Waals surface area contributed by atoms with Gasteiger partial charge in [0, 0.05) is 37.9 Å². The van der Waals surface area contributed by atoms with Gasteiger partial charge in [-0.1, -0.05) is 24.3 Å². The summed E-state index contributed by atoms with van der Waals surface area (Å²) in [6.07, 6.45) is -1.37. The van der Waals surface area contributed by atoms with E-state index in [1.165, 1.54) is 12.1 Å². The fourth-order valence-electron chi connectivity index (χ4n) is 3.60. The number of aromatic nitrogens is 1. The Hall–Kier alpha value is -1.88. The fraction of sp³-hybridized carbons (Fsp3) is 0.455. The van der Waals surface area contributed by atoms with E-state index in [1.54, 1.807) is 12.3 Å². The van der Waals surface area contributed by atoms with Crippen molar-refractivity contribution in [1.82, 2.24) is 15.6 Å². The van der Waals surface area contributed by atoms with E-state index in [2.05, 4.69) is 20.6 Å². The summed E-state index contributed by atoms with van der Waals surface area (Å²) >= 11 is 0. The number of aliphatic imine (C=N–C) groups is 1. The zero-order valence-electron chi connectivity index (χ0n) is 17.4. The SMILES string of the molecule is CCNC(=NCc1ccccn1)NCC1(c2cccc(C(F)(F)F)c2)CCOCC1.I. The van der Waals surface area contributed by atoms with Gasteiger partial charge in [0.1, 0.15) is 0 Å². The van der Waals surface area contributed by atoms with Crippen LogP contribution in [0.25, 0.3) is 0 Å². The second-order valence-corrected chi connectivity index (χ2v) is 7.34. The van der Waals surface area contributed by atoms with Crippen LogP contribution in [-0.2, 0) is 22.9 Å². The van der Waals surface area contributed by atoms with E-state index in [4.69, 9.17) is 4.74 Å². The molecule has 0 saturated carbocycles. The monoisotopic (exact) mass is 548 g/mol. The van der Waals surface area contributed by atoms with Gasteiger partial charge in [0.25, 0.3) is 0 Å². The zero-order valence-corrected chi connectivity index (χ0v) is 19.7. The Kier molecular flexibility index (Phi) is 9.54. The van der Waals surface area contributed by atoms with Crippen molar-refractivity contribution >= 4 is 29.9 Å². The van der Waals surface area contributed by atoms with E-state index in [1.807, 2.05) is 25.1 Å².